The van der Waals surface area contributed by atoms with Crippen LogP contribution in [0.4, 0.5) is 5.69 Å². The predicted molar refractivity (Wildman–Crippen MR) is 141 cm³/mol. The summed E-state index contributed by atoms with van der Waals surface area (Å²) in [6.07, 6.45) is 1.81. The van der Waals surface area contributed by atoms with Gasteiger partial charge in [0, 0.05) is 26.7 Å². The third kappa shape index (κ3) is 5.05. The summed E-state index contributed by atoms with van der Waals surface area (Å²) in [4.78, 5) is 45.1. The van der Waals surface area contributed by atoms with Crippen LogP contribution in [-0.2, 0) is 14.3 Å². The fourth-order valence-electron chi connectivity index (χ4n) is 4.12. The molecule has 3 aromatic rings. The van der Waals surface area contributed by atoms with Gasteiger partial charge in [0.15, 0.2) is 16.3 Å². The highest BCUT2D eigenvalue weighted by atomic mass is 32.1. The fraction of sp³-hybridized carbons (Fsp3) is 0.259. The lowest BCUT2D eigenvalue weighted by Crippen LogP contribution is -2.39. The molecule has 4 rings (SSSR count). The summed E-state index contributed by atoms with van der Waals surface area (Å²) < 4.78 is 17.7. The second kappa shape index (κ2) is 10.4. The lowest BCUT2D eigenvalue weighted by atomic mass is 9.95. The number of rotatable bonds is 6. The highest BCUT2D eigenvalue weighted by molar-refractivity contribution is 7.07. The minimum absolute atomic E-state index is 0.229. The first-order chi connectivity index (χ1) is 17.6. The van der Waals surface area contributed by atoms with Crippen LogP contribution in [0, 0.1) is 0 Å². The molecule has 0 spiro atoms. The lowest BCUT2D eigenvalue weighted by Gasteiger charge is -2.25. The first kappa shape index (κ1) is 25.9. The van der Waals surface area contributed by atoms with Gasteiger partial charge >= 0.3 is 11.9 Å². The molecule has 192 valence electrons. The molecular formula is C27H27N3O6S. The largest absolute Gasteiger partial charge is 0.493 e. The molecule has 0 fully saturated rings. The van der Waals surface area contributed by atoms with Gasteiger partial charge in [0.2, 0.25) is 0 Å². The van der Waals surface area contributed by atoms with E-state index in [-0.39, 0.29) is 22.6 Å². The normalized spacial score (nSPS) is 15.1. The van der Waals surface area contributed by atoms with Crippen LogP contribution in [0.2, 0.25) is 0 Å². The van der Waals surface area contributed by atoms with Gasteiger partial charge in [-0.3, -0.25) is 14.2 Å². The average Bonchev–Trinajstić information content (AvgIpc) is 3.17. The maximum atomic E-state index is 13.7. The summed E-state index contributed by atoms with van der Waals surface area (Å²) in [6.45, 7) is 3.00. The smallest absolute Gasteiger partial charge is 0.338 e. The molecule has 0 saturated heterocycles. The van der Waals surface area contributed by atoms with E-state index in [9.17, 15) is 14.4 Å². The fourth-order valence-corrected chi connectivity index (χ4v) is 5.17. The van der Waals surface area contributed by atoms with Crippen molar-refractivity contribution in [2.24, 2.45) is 4.99 Å². The van der Waals surface area contributed by atoms with Crippen LogP contribution in [0.3, 0.4) is 0 Å². The zero-order valence-electron chi connectivity index (χ0n) is 21.4. The van der Waals surface area contributed by atoms with E-state index in [0.29, 0.717) is 20.6 Å². The number of methoxy groups -OCH3 is 2. The van der Waals surface area contributed by atoms with Crippen molar-refractivity contribution in [1.29, 1.82) is 0 Å². The molecular weight excluding hydrogens is 494 g/mol. The van der Waals surface area contributed by atoms with E-state index in [1.54, 1.807) is 25.1 Å². The van der Waals surface area contributed by atoms with Crippen molar-refractivity contribution in [3.63, 3.8) is 0 Å². The van der Waals surface area contributed by atoms with Crippen molar-refractivity contribution in [2.45, 2.75) is 19.9 Å². The van der Waals surface area contributed by atoms with E-state index < -0.39 is 18.0 Å². The minimum Gasteiger partial charge on any atom is -0.493 e. The van der Waals surface area contributed by atoms with Crippen LogP contribution in [0.15, 0.2) is 63.5 Å². The van der Waals surface area contributed by atoms with Crippen molar-refractivity contribution in [2.75, 3.05) is 33.2 Å². The summed E-state index contributed by atoms with van der Waals surface area (Å²) in [5, 5.41) is 0. The van der Waals surface area contributed by atoms with Crippen LogP contribution < -0.4 is 29.3 Å². The van der Waals surface area contributed by atoms with Crippen LogP contribution >= 0.6 is 11.3 Å². The Kier molecular flexibility index (Phi) is 7.30. The van der Waals surface area contributed by atoms with Gasteiger partial charge in [-0.05, 0) is 48.4 Å². The van der Waals surface area contributed by atoms with E-state index in [1.807, 2.05) is 49.3 Å². The zero-order valence-corrected chi connectivity index (χ0v) is 22.2. The Morgan fingerprint density at radius 2 is 1.78 bits per heavy atom. The minimum atomic E-state index is -0.817. The highest BCUT2D eigenvalue weighted by Crippen LogP contribution is 2.36. The van der Waals surface area contributed by atoms with Crippen LogP contribution in [0.1, 0.15) is 31.0 Å². The molecule has 0 aliphatic carbocycles. The number of carbonyl (C=O) groups is 2. The van der Waals surface area contributed by atoms with Gasteiger partial charge in [0.05, 0.1) is 36.1 Å². The number of benzene rings is 2. The molecule has 1 aliphatic rings. The molecule has 37 heavy (non-hydrogen) atoms. The van der Waals surface area contributed by atoms with E-state index in [2.05, 4.69) is 4.99 Å². The molecule has 2 heterocycles. The molecule has 0 radical (unpaired) electrons. The van der Waals surface area contributed by atoms with Gasteiger partial charge in [-0.2, -0.15) is 0 Å². The standard InChI is InChI=1S/C27H27N3O6S/c1-15-23(26(33)35-6)24(18-9-12-20(36-16(2)31)21(14-18)34-5)30-25(32)22(37-27(30)28-15)13-17-7-10-19(11-8-17)29(3)4/h7-14,24H,1-6H3/b22-13+/t24-/m1/s1. The number of anilines is 1. The quantitative estimate of drug-likeness (QED) is 0.363. The molecule has 0 bridgehead atoms. The predicted octanol–water partition coefficient (Wildman–Crippen LogP) is 2.41. The Balaban J connectivity index is 1.91. The second-order valence-electron chi connectivity index (χ2n) is 8.56. The Morgan fingerprint density at radius 3 is 2.38 bits per heavy atom. The Hall–Kier alpha value is -4.18. The number of fused-ring (bicyclic) bond motifs is 1. The van der Waals surface area contributed by atoms with Gasteiger partial charge in [-0.25, -0.2) is 9.79 Å². The summed E-state index contributed by atoms with van der Waals surface area (Å²) in [5.41, 5.74) is 2.88. The highest BCUT2D eigenvalue weighted by Gasteiger charge is 2.33. The van der Waals surface area contributed by atoms with E-state index in [1.165, 1.54) is 37.0 Å². The van der Waals surface area contributed by atoms with E-state index in [4.69, 9.17) is 14.2 Å². The van der Waals surface area contributed by atoms with Crippen molar-refractivity contribution in [1.82, 2.24) is 4.57 Å². The van der Waals surface area contributed by atoms with Crippen molar-refractivity contribution < 1.29 is 23.8 Å². The van der Waals surface area contributed by atoms with Gasteiger partial charge < -0.3 is 19.1 Å². The number of nitrogens with zero attached hydrogens (tertiary/aromatic N) is 3. The first-order valence-corrected chi connectivity index (χ1v) is 12.2. The maximum absolute atomic E-state index is 13.7. The number of thiazole rings is 1. The van der Waals surface area contributed by atoms with Gasteiger partial charge in [-0.1, -0.05) is 29.5 Å². The molecule has 9 nitrogen and oxygen atoms in total. The molecule has 1 aromatic heterocycles. The number of ether oxygens (including phenoxy) is 3. The summed E-state index contributed by atoms with van der Waals surface area (Å²) >= 11 is 1.24. The van der Waals surface area contributed by atoms with Crippen LogP contribution in [0.5, 0.6) is 11.5 Å². The van der Waals surface area contributed by atoms with E-state index >= 15 is 0 Å². The summed E-state index contributed by atoms with van der Waals surface area (Å²) in [6, 6.07) is 11.9. The molecule has 0 N–H and O–H groups in total. The number of esters is 2. The summed E-state index contributed by atoms with van der Waals surface area (Å²) in [7, 11) is 6.65. The molecule has 1 atom stereocenters. The molecule has 10 heteroatoms. The molecule has 2 aromatic carbocycles. The lowest BCUT2D eigenvalue weighted by molar-refractivity contribution is -0.136. The van der Waals surface area contributed by atoms with Crippen molar-refractivity contribution in [3.05, 3.63) is 84.5 Å². The van der Waals surface area contributed by atoms with Gasteiger partial charge in [-0.15, -0.1) is 0 Å². The number of allylic oxidation sites excluding steroid dienone is 1. The Bertz CT molecular complexity index is 1580. The monoisotopic (exact) mass is 521 g/mol. The topological polar surface area (TPSA) is 99.4 Å². The number of carbonyl (C=O) groups excluding carboxylic acids is 2. The SMILES string of the molecule is COC(=O)C1=C(C)N=c2s/c(=C/c3ccc(N(C)C)cc3)c(=O)n2[C@@H]1c1ccc(OC(C)=O)c(OC)c1. The van der Waals surface area contributed by atoms with Gasteiger partial charge in [0.25, 0.3) is 5.56 Å². The molecule has 0 saturated carbocycles. The maximum Gasteiger partial charge on any atom is 0.338 e. The zero-order chi connectivity index (χ0) is 26.9. The molecule has 0 unspecified atom stereocenters. The third-order valence-electron chi connectivity index (χ3n) is 5.89. The van der Waals surface area contributed by atoms with Crippen molar-refractivity contribution in [3.8, 4) is 11.5 Å². The summed E-state index contributed by atoms with van der Waals surface area (Å²) in [5.74, 6) is -0.575. The number of hydrogen-bond donors (Lipinski definition) is 0. The first-order valence-electron chi connectivity index (χ1n) is 11.4. The van der Waals surface area contributed by atoms with E-state index in [0.717, 1.165) is 11.3 Å². The van der Waals surface area contributed by atoms with Crippen LogP contribution in [0.25, 0.3) is 6.08 Å². The van der Waals surface area contributed by atoms with Crippen molar-refractivity contribution >= 4 is 35.0 Å². The average molecular weight is 522 g/mol. The van der Waals surface area contributed by atoms with Crippen LogP contribution in [-0.4, -0.2) is 44.8 Å². The third-order valence-corrected chi connectivity index (χ3v) is 6.87. The Morgan fingerprint density at radius 1 is 1.08 bits per heavy atom. The molecule has 1 aliphatic heterocycles. The number of aromatic nitrogens is 1. The second-order valence-corrected chi connectivity index (χ2v) is 9.57. The molecule has 0 amide bonds. The van der Waals surface area contributed by atoms with Gasteiger partial charge in [0.1, 0.15) is 0 Å². The Labute approximate surface area is 217 Å². The number of hydrogen-bond acceptors (Lipinski definition) is 9.